The van der Waals surface area contributed by atoms with Gasteiger partial charge in [0.15, 0.2) is 0 Å². The lowest BCUT2D eigenvalue weighted by atomic mass is 9.98. The van der Waals surface area contributed by atoms with Crippen molar-refractivity contribution in [3.05, 3.63) is 199 Å². The Labute approximate surface area is 338 Å². The Hall–Kier alpha value is -6.99. The Morgan fingerprint density at radius 1 is 0.569 bits per heavy atom. The van der Waals surface area contributed by atoms with E-state index in [0.717, 1.165) is 50.2 Å². The van der Waals surface area contributed by atoms with Gasteiger partial charge in [0.05, 0.1) is 11.0 Å². The molecule has 0 saturated heterocycles. The Bertz CT molecular complexity index is 3360. The summed E-state index contributed by atoms with van der Waals surface area (Å²) < 4.78 is 11.6. The molecule has 2 unspecified atom stereocenters. The molecule has 12 rings (SSSR count). The summed E-state index contributed by atoms with van der Waals surface area (Å²) in [5.41, 5.74) is 11.0. The average Bonchev–Trinajstić information content (AvgIpc) is 3.96. The fourth-order valence-corrected chi connectivity index (χ4v) is 10.4. The van der Waals surface area contributed by atoms with Crippen LogP contribution in [0.3, 0.4) is 0 Å². The first-order chi connectivity index (χ1) is 28.7. The number of para-hydroxylation sites is 3. The maximum Gasteiger partial charge on any atom is 0.143 e. The van der Waals surface area contributed by atoms with E-state index >= 15 is 0 Å². The molecule has 5 nitrogen and oxygen atoms in total. The van der Waals surface area contributed by atoms with E-state index in [1.807, 2.05) is 11.3 Å². The van der Waals surface area contributed by atoms with Gasteiger partial charge in [0, 0.05) is 58.5 Å². The molecule has 0 fully saturated rings. The predicted octanol–water partition coefficient (Wildman–Crippen LogP) is 13.4. The number of amidine groups is 1. The summed E-state index contributed by atoms with van der Waals surface area (Å²) in [6, 6.07) is 65.1. The second-order valence-electron chi connectivity index (χ2n) is 15.2. The molecule has 11 aromatic rings. The Kier molecular flexibility index (Phi) is 7.45. The lowest BCUT2D eigenvalue weighted by Gasteiger charge is -2.39. The van der Waals surface area contributed by atoms with Crippen LogP contribution >= 0.6 is 11.3 Å². The lowest BCUT2D eigenvalue weighted by molar-refractivity contribution is 0.153. The zero-order chi connectivity index (χ0) is 38.3. The van der Waals surface area contributed by atoms with Crippen LogP contribution in [-0.2, 0) is 0 Å². The molecular weight excluding hydrogens is 729 g/mol. The molecule has 8 aromatic carbocycles. The maximum absolute atomic E-state index is 6.73. The minimum absolute atomic E-state index is 0.101. The van der Waals surface area contributed by atoms with Crippen LogP contribution in [0.2, 0.25) is 0 Å². The molecule has 1 N–H and O–H groups in total. The first-order valence-electron chi connectivity index (χ1n) is 19.7. The summed E-state index contributed by atoms with van der Waals surface area (Å²) in [4.78, 5) is 7.61. The van der Waals surface area contributed by atoms with Crippen LogP contribution in [0.5, 0.6) is 0 Å². The summed E-state index contributed by atoms with van der Waals surface area (Å²) in [6.07, 6.45) is -0.243. The topological polar surface area (TPSA) is 45.7 Å². The van der Waals surface area contributed by atoms with Crippen LogP contribution in [0, 0.1) is 0 Å². The van der Waals surface area contributed by atoms with Crippen molar-refractivity contribution in [1.82, 2.24) is 14.8 Å². The number of furan rings is 1. The Balaban J connectivity index is 0.965. The van der Waals surface area contributed by atoms with Gasteiger partial charge in [-0.1, -0.05) is 140 Å². The second-order valence-corrected chi connectivity index (χ2v) is 16.3. The highest BCUT2D eigenvalue weighted by atomic mass is 32.1. The largest absolute Gasteiger partial charge is 0.455 e. The molecule has 0 bridgehead atoms. The number of hydrogen-bond acceptors (Lipinski definition) is 5. The fraction of sp³-hybridized carbons (Fsp3) is 0.0577. The van der Waals surface area contributed by atoms with Crippen LogP contribution in [0.25, 0.3) is 80.7 Å². The van der Waals surface area contributed by atoms with Crippen molar-refractivity contribution < 1.29 is 4.42 Å². The van der Waals surface area contributed by atoms with Crippen LogP contribution in [0.4, 0.5) is 0 Å². The zero-order valence-corrected chi connectivity index (χ0v) is 32.4. The molecule has 2 atom stereocenters. The van der Waals surface area contributed by atoms with Crippen molar-refractivity contribution in [3.8, 4) is 16.8 Å². The number of nitrogens with one attached hydrogen (secondary N) is 1. The third kappa shape index (κ3) is 5.09. The quantitative estimate of drug-likeness (QED) is 0.190. The summed E-state index contributed by atoms with van der Waals surface area (Å²) >= 11 is 1.85. The summed E-state index contributed by atoms with van der Waals surface area (Å²) in [7, 11) is 2.17. The van der Waals surface area contributed by atoms with Gasteiger partial charge in [-0.05, 0) is 66.2 Å². The monoisotopic (exact) mass is 764 g/mol. The summed E-state index contributed by atoms with van der Waals surface area (Å²) in [5, 5.41) is 11.1. The molecule has 4 heterocycles. The summed E-state index contributed by atoms with van der Waals surface area (Å²) in [6.45, 7) is 0. The molecule has 276 valence electrons. The number of nitrogens with zero attached hydrogens (tertiary/aromatic N) is 3. The molecule has 0 amide bonds. The van der Waals surface area contributed by atoms with Gasteiger partial charge >= 0.3 is 0 Å². The number of fused-ring (bicyclic) bond motifs is 9. The standard InChI is InChI=1S/C52H36N4OS/c1-55-51(33-16-6-3-7-17-33)53-50(32-14-4-2-5-15-32)54-52(55)41-22-13-25-46-48(41)40-28-26-34(30-47(40)58-46)36-20-12-21-39-42-31-35(27-29-45(42)57-49(36)39)56-43-23-10-8-18-37(43)38-19-9-11-24-44(38)56/h2-31,51-52H,1H3,(H,53,54). The molecule has 58 heavy (non-hydrogen) atoms. The van der Waals surface area contributed by atoms with Crippen molar-refractivity contribution in [3.63, 3.8) is 0 Å². The van der Waals surface area contributed by atoms with Crippen molar-refractivity contribution in [2.24, 2.45) is 4.99 Å². The predicted molar refractivity (Wildman–Crippen MR) is 242 cm³/mol. The van der Waals surface area contributed by atoms with E-state index in [1.54, 1.807) is 0 Å². The highest BCUT2D eigenvalue weighted by Crippen LogP contribution is 2.44. The highest BCUT2D eigenvalue weighted by Gasteiger charge is 2.33. The number of benzene rings is 8. The van der Waals surface area contributed by atoms with Crippen LogP contribution < -0.4 is 5.32 Å². The van der Waals surface area contributed by atoms with Crippen LogP contribution in [0.1, 0.15) is 29.0 Å². The zero-order valence-electron chi connectivity index (χ0n) is 31.6. The minimum Gasteiger partial charge on any atom is -0.455 e. The van der Waals surface area contributed by atoms with E-state index in [4.69, 9.17) is 9.41 Å². The number of rotatable bonds is 5. The molecule has 1 aliphatic rings. The highest BCUT2D eigenvalue weighted by molar-refractivity contribution is 7.25. The third-order valence-electron chi connectivity index (χ3n) is 11.9. The van der Waals surface area contributed by atoms with Crippen molar-refractivity contribution in [2.45, 2.75) is 12.3 Å². The number of thiophene rings is 1. The fourth-order valence-electron chi connectivity index (χ4n) is 9.21. The third-order valence-corrected chi connectivity index (χ3v) is 13.0. The van der Waals surface area contributed by atoms with E-state index < -0.39 is 0 Å². The molecule has 0 aliphatic carbocycles. The van der Waals surface area contributed by atoms with Crippen LogP contribution in [0.15, 0.2) is 191 Å². The lowest BCUT2D eigenvalue weighted by Crippen LogP contribution is -2.46. The van der Waals surface area contributed by atoms with E-state index in [2.05, 4.69) is 204 Å². The molecule has 3 aromatic heterocycles. The molecule has 0 radical (unpaired) electrons. The van der Waals surface area contributed by atoms with Crippen molar-refractivity contribution in [2.75, 3.05) is 7.05 Å². The van der Waals surface area contributed by atoms with Crippen molar-refractivity contribution >= 4 is 81.1 Å². The second kappa shape index (κ2) is 13.0. The molecule has 0 spiro atoms. The number of aliphatic imine (C=N–C) groups is 1. The first-order valence-corrected chi connectivity index (χ1v) is 20.6. The SMILES string of the molecule is CN1C(c2ccccc2)N=C(c2ccccc2)NC1c1cccc2sc3cc(-c4cccc5c4oc4ccc(-n6c7ccccc7c7ccccc76)cc45)ccc3c12. The molecule has 1 aliphatic heterocycles. The van der Waals surface area contributed by atoms with Gasteiger partial charge in [0.1, 0.15) is 29.3 Å². The number of hydrogen-bond donors (Lipinski definition) is 1. The van der Waals surface area contributed by atoms with Gasteiger partial charge < -0.3 is 14.3 Å². The smallest absolute Gasteiger partial charge is 0.143 e. The van der Waals surface area contributed by atoms with E-state index in [0.29, 0.717) is 0 Å². The van der Waals surface area contributed by atoms with E-state index in [1.165, 1.54) is 53.1 Å². The van der Waals surface area contributed by atoms with E-state index in [9.17, 15) is 0 Å². The van der Waals surface area contributed by atoms with Gasteiger partial charge in [0.2, 0.25) is 0 Å². The molecule has 6 heteroatoms. The van der Waals surface area contributed by atoms with Crippen molar-refractivity contribution in [1.29, 1.82) is 0 Å². The van der Waals surface area contributed by atoms with Gasteiger partial charge in [0.25, 0.3) is 0 Å². The Morgan fingerprint density at radius 3 is 2.07 bits per heavy atom. The van der Waals surface area contributed by atoms with Gasteiger partial charge in [-0.15, -0.1) is 11.3 Å². The van der Waals surface area contributed by atoms with E-state index in [-0.39, 0.29) is 12.3 Å². The maximum atomic E-state index is 6.73. The molecule has 0 saturated carbocycles. The van der Waals surface area contributed by atoms with Gasteiger partial charge in [-0.25, -0.2) is 4.99 Å². The molecular formula is C52H36N4OS. The number of aromatic nitrogens is 1. The van der Waals surface area contributed by atoms with Gasteiger partial charge in [-0.3, -0.25) is 4.90 Å². The Morgan fingerprint density at radius 2 is 1.28 bits per heavy atom. The first kappa shape index (κ1) is 33.2. The average molecular weight is 765 g/mol. The minimum atomic E-state index is -0.142. The normalized spacial score (nSPS) is 16.2. The van der Waals surface area contributed by atoms with Crippen LogP contribution in [-0.4, -0.2) is 22.4 Å². The van der Waals surface area contributed by atoms with Gasteiger partial charge in [-0.2, -0.15) is 0 Å². The summed E-state index contributed by atoms with van der Waals surface area (Å²) in [5.74, 6) is 0.900.